The number of nitrogens with zero attached hydrogens (tertiary/aromatic N) is 2. The van der Waals surface area contributed by atoms with Crippen LogP contribution in [-0.4, -0.2) is 33.6 Å². The Morgan fingerprint density at radius 2 is 1.85 bits per heavy atom. The van der Waals surface area contributed by atoms with Gasteiger partial charge in [-0.3, -0.25) is 4.72 Å². The molecule has 1 aliphatic carbocycles. The van der Waals surface area contributed by atoms with E-state index in [1.54, 1.807) is 35.6 Å². The molecule has 8 heteroatoms. The molecule has 0 amide bonds. The molecule has 4 rings (SSSR count). The van der Waals surface area contributed by atoms with E-state index in [2.05, 4.69) is 16.7 Å². The van der Waals surface area contributed by atoms with Gasteiger partial charge < -0.3 is 9.64 Å². The lowest BCUT2D eigenvalue weighted by atomic mass is 9.95. The summed E-state index contributed by atoms with van der Waals surface area (Å²) in [4.78, 5) is 8.20. The number of aromatic nitrogens is 1. The van der Waals surface area contributed by atoms with Crippen LogP contribution in [0.25, 0.3) is 10.4 Å². The van der Waals surface area contributed by atoms with Crippen LogP contribution < -0.4 is 14.4 Å². The zero-order chi connectivity index (χ0) is 23.6. The van der Waals surface area contributed by atoms with Crippen molar-refractivity contribution in [3.8, 4) is 16.2 Å². The van der Waals surface area contributed by atoms with Gasteiger partial charge in [-0.1, -0.05) is 42.7 Å². The molecule has 2 aromatic carbocycles. The SMILES string of the molecule is COc1ccc(-c2sc(N(C)C3CCCCC3)nc2C)cc1S(=O)(=O)Nc1cccc(C)c1. The van der Waals surface area contributed by atoms with Gasteiger partial charge in [0, 0.05) is 18.8 Å². The van der Waals surface area contributed by atoms with E-state index < -0.39 is 10.0 Å². The summed E-state index contributed by atoms with van der Waals surface area (Å²) in [6.45, 7) is 3.90. The molecule has 1 aromatic heterocycles. The van der Waals surface area contributed by atoms with Crippen LogP contribution in [0.5, 0.6) is 5.75 Å². The highest BCUT2D eigenvalue weighted by Gasteiger charge is 2.24. The number of hydrogen-bond acceptors (Lipinski definition) is 6. The van der Waals surface area contributed by atoms with Crippen molar-refractivity contribution in [1.82, 2.24) is 4.98 Å². The third-order valence-corrected chi connectivity index (χ3v) is 8.89. The molecule has 0 spiro atoms. The molecule has 0 unspecified atom stereocenters. The first kappa shape index (κ1) is 23.6. The lowest BCUT2D eigenvalue weighted by Crippen LogP contribution is -2.33. The molecular formula is C25H31N3O3S2. The number of nitrogens with one attached hydrogen (secondary N) is 1. The maximum absolute atomic E-state index is 13.3. The third-order valence-electron chi connectivity index (χ3n) is 6.20. The Labute approximate surface area is 200 Å². The number of thiazole rings is 1. The highest BCUT2D eigenvalue weighted by Crippen LogP contribution is 2.39. The molecule has 1 fully saturated rings. The van der Waals surface area contributed by atoms with E-state index >= 15 is 0 Å². The van der Waals surface area contributed by atoms with Crippen molar-refractivity contribution in [3.63, 3.8) is 0 Å². The number of aryl methyl sites for hydroxylation is 2. The fourth-order valence-corrected chi connectivity index (χ4v) is 6.71. The number of anilines is 2. The van der Waals surface area contributed by atoms with E-state index in [1.807, 2.05) is 32.0 Å². The van der Waals surface area contributed by atoms with Gasteiger partial charge in [0.25, 0.3) is 10.0 Å². The fourth-order valence-electron chi connectivity index (χ4n) is 4.37. The minimum absolute atomic E-state index is 0.110. The molecule has 33 heavy (non-hydrogen) atoms. The quantitative estimate of drug-likeness (QED) is 0.444. The second kappa shape index (κ2) is 9.73. The van der Waals surface area contributed by atoms with Crippen molar-refractivity contribution in [1.29, 1.82) is 0 Å². The van der Waals surface area contributed by atoms with E-state index in [0.29, 0.717) is 17.5 Å². The summed E-state index contributed by atoms with van der Waals surface area (Å²) in [5.74, 6) is 0.306. The predicted octanol–water partition coefficient (Wildman–Crippen LogP) is 6.01. The van der Waals surface area contributed by atoms with Crippen molar-refractivity contribution in [3.05, 3.63) is 53.7 Å². The maximum atomic E-state index is 13.3. The molecular weight excluding hydrogens is 454 g/mol. The van der Waals surface area contributed by atoms with Crippen LogP contribution in [0.15, 0.2) is 47.4 Å². The molecule has 1 N–H and O–H groups in total. The van der Waals surface area contributed by atoms with Gasteiger partial charge in [-0.25, -0.2) is 13.4 Å². The van der Waals surface area contributed by atoms with Crippen molar-refractivity contribution in [2.75, 3.05) is 23.8 Å². The lowest BCUT2D eigenvalue weighted by molar-refractivity contribution is 0.403. The summed E-state index contributed by atoms with van der Waals surface area (Å²) in [6.07, 6.45) is 6.23. The summed E-state index contributed by atoms with van der Waals surface area (Å²) in [5, 5.41) is 0.979. The van der Waals surface area contributed by atoms with Gasteiger partial charge in [-0.15, -0.1) is 0 Å². The molecule has 0 radical (unpaired) electrons. The molecule has 0 aliphatic heterocycles. The van der Waals surface area contributed by atoms with Crippen LogP contribution >= 0.6 is 11.3 Å². The standard InChI is InChI=1S/C25H31N3O3S2/c1-17-9-8-10-20(15-17)27-33(29,30)23-16-19(13-14-22(23)31-4)24-18(2)26-25(32-24)28(3)21-11-6-5-7-12-21/h8-10,13-16,21,27H,5-7,11-12H2,1-4H3. The molecule has 1 heterocycles. The number of hydrogen-bond donors (Lipinski definition) is 1. The minimum Gasteiger partial charge on any atom is -0.495 e. The van der Waals surface area contributed by atoms with Gasteiger partial charge in [0.1, 0.15) is 10.6 Å². The van der Waals surface area contributed by atoms with E-state index in [1.165, 1.54) is 39.2 Å². The summed E-state index contributed by atoms with van der Waals surface area (Å²) in [5.41, 5.74) is 3.22. The van der Waals surface area contributed by atoms with Crippen molar-refractivity contribution < 1.29 is 13.2 Å². The first-order valence-electron chi connectivity index (χ1n) is 11.3. The van der Waals surface area contributed by atoms with Crippen LogP contribution in [0, 0.1) is 13.8 Å². The van der Waals surface area contributed by atoms with Gasteiger partial charge >= 0.3 is 0 Å². The van der Waals surface area contributed by atoms with Crippen molar-refractivity contribution >= 4 is 32.2 Å². The van der Waals surface area contributed by atoms with E-state index in [-0.39, 0.29) is 4.90 Å². The molecule has 1 saturated carbocycles. The monoisotopic (exact) mass is 485 g/mol. The minimum atomic E-state index is -3.84. The maximum Gasteiger partial charge on any atom is 0.265 e. The zero-order valence-corrected chi connectivity index (χ0v) is 21.2. The summed E-state index contributed by atoms with van der Waals surface area (Å²) >= 11 is 1.61. The van der Waals surface area contributed by atoms with Crippen LogP contribution in [0.3, 0.4) is 0 Å². The van der Waals surface area contributed by atoms with E-state index in [4.69, 9.17) is 9.72 Å². The largest absolute Gasteiger partial charge is 0.495 e. The predicted molar refractivity (Wildman–Crippen MR) is 136 cm³/mol. The van der Waals surface area contributed by atoms with Gasteiger partial charge in [0.05, 0.1) is 17.7 Å². The van der Waals surface area contributed by atoms with Gasteiger partial charge in [-0.2, -0.15) is 0 Å². The number of benzene rings is 2. The van der Waals surface area contributed by atoms with Gasteiger partial charge in [0.2, 0.25) is 0 Å². The Hall–Kier alpha value is -2.58. The second-order valence-corrected chi connectivity index (χ2v) is 11.3. The third kappa shape index (κ3) is 5.17. The average molecular weight is 486 g/mol. The van der Waals surface area contributed by atoms with E-state index in [0.717, 1.165) is 26.8 Å². The number of sulfonamides is 1. The first-order chi connectivity index (χ1) is 15.8. The lowest BCUT2D eigenvalue weighted by Gasteiger charge is -2.30. The summed E-state index contributed by atoms with van der Waals surface area (Å²) in [6, 6.07) is 13.1. The van der Waals surface area contributed by atoms with Gasteiger partial charge in [0.15, 0.2) is 5.13 Å². The highest BCUT2D eigenvalue weighted by atomic mass is 32.2. The van der Waals surface area contributed by atoms with Gasteiger partial charge in [-0.05, 0) is 68.1 Å². The molecule has 0 bridgehead atoms. The van der Waals surface area contributed by atoms with Crippen LogP contribution in [0.2, 0.25) is 0 Å². The second-order valence-electron chi connectivity index (χ2n) is 8.65. The average Bonchev–Trinajstić information content (AvgIpc) is 3.20. The Kier molecular flexibility index (Phi) is 6.95. The molecule has 176 valence electrons. The molecule has 3 aromatic rings. The first-order valence-corrected chi connectivity index (χ1v) is 13.6. The summed E-state index contributed by atoms with van der Waals surface area (Å²) < 4.78 is 34.6. The molecule has 0 saturated heterocycles. The van der Waals surface area contributed by atoms with Crippen LogP contribution in [-0.2, 0) is 10.0 Å². The zero-order valence-electron chi connectivity index (χ0n) is 19.6. The Bertz CT molecular complexity index is 1230. The molecule has 0 atom stereocenters. The Balaban J connectivity index is 1.67. The Morgan fingerprint density at radius 1 is 1.09 bits per heavy atom. The Morgan fingerprint density at radius 3 is 2.55 bits per heavy atom. The van der Waals surface area contributed by atoms with Crippen LogP contribution in [0.4, 0.5) is 10.8 Å². The van der Waals surface area contributed by atoms with E-state index in [9.17, 15) is 8.42 Å². The topological polar surface area (TPSA) is 71.5 Å². The molecule has 6 nitrogen and oxygen atoms in total. The highest BCUT2D eigenvalue weighted by molar-refractivity contribution is 7.92. The van der Waals surface area contributed by atoms with Crippen LogP contribution in [0.1, 0.15) is 43.4 Å². The number of methoxy groups -OCH3 is 1. The summed E-state index contributed by atoms with van der Waals surface area (Å²) in [7, 11) is -0.243. The number of rotatable bonds is 7. The van der Waals surface area contributed by atoms with Crippen molar-refractivity contribution in [2.45, 2.75) is 56.9 Å². The normalized spacial score (nSPS) is 14.8. The number of ether oxygens (including phenoxy) is 1. The molecule has 1 aliphatic rings. The smallest absolute Gasteiger partial charge is 0.265 e. The fraction of sp³-hybridized carbons (Fsp3) is 0.400. The van der Waals surface area contributed by atoms with Crippen molar-refractivity contribution in [2.24, 2.45) is 0 Å².